The van der Waals surface area contributed by atoms with E-state index in [0.717, 1.165) is 32.0 Å². The van der Waals surface area contributed by atoms with Crippen LogP contribution in [0, 0.1) is 5.92 Å². The van der Waals surface area contributed by atoms with Crippen LogP contribution in [0.5, 0.6) is 0 Å². The normalized spacial score (nSPS) is 30.6. The molecule has 0 radical (unpaired) electrons. The van der Waals surface area contributed by atoms with E-state index in [-0.39, 0.29) is 5.97 Å². The molecule has 4 heteroatoms. The van der Waals surface area contributed by atoms with E-state index in [2.05, 4.69) is 11.8 Å². The summed E-state index contributed by atoms with van der Waals surface area (Å²) in [5, 5.41) is 0. The molecule has 116 valence electrons. The molecule has 0 aromatic heterocycles. The highest BCUT2D eigenvalue weighted by Crippen LogP contribution is 2.28. The maximum Gasteiger partial charge on any atom is 0.306 e. The average molecular weight is 283 g/mol. The van der Waals surface area contributed by atoms with Crippen LogP contribution in [0.4, 0.5) is 0 Å². The van der Waals surface area contributed by atoms with E-state index in [1.807, 2.05) is 0 Å². The minimum atomic E-state index is -0.105. The van der Waals surface area contributed by atoms with Gasteiger partial charge in [0.2, 0.25) is 0 Å². The second kappa shape index (κ2) is 7.99. The fourth-order valence-electron chi connectivity index (χ4n) is 3.42. The molecule has 1 atom stereocenters. The predicted molar refractivity (Wildman–Crippen MR) is 78.6 cm³/mol. The Labute approximate surface area is 122 Å². The molecule has 0 bridgehead atoms. The zero-order valence-corrected chi connectivity index (χ0v) is 13.0. The number of hydrogen-bond donors (Lipinski definition) is 0. The van der Waals surface area contributed by atoms with Crippen molar-refractivity contribution in [2.75, 3.05) is 26.8 Å². The molecule has 1 aliphatic heterocycles. The smallest absolute Gasteiger partial charge is 0.306 e. The van der Waals surface area contributed by atoms with E-state index in [4.69, 9.17) is 9.47 Å². The predicted octanol–water partition coefficient (Wildman–Crippen LogP) is 2.61. The first-order valence-electron chi connectivity index (χ1n) is 8.11. The number of hydrogen-bond acceptors (Lipinski definition) is 4. The topological polar surface area (TPSA) is 38.8 Å². The van der Waals surface area contributed by atoms with Crippen LogP contribution in [0.1, 0.15) is 51.9 Å². The highest BCUT2D eigenvalue weighted by atomic mass is 16.5. The Morgan fingerprint density at radius 2 is 2.00 bits per heavy atom. The molecule has 2 rings (SSSR count). The number of carbonyl (C=O) groups excluding carboxylic acids is 1. The number of methoxy groups -OCH3 is 1. The van der Waals surface area contributed by atoms with Crippen molar-refractivity contribution in [2.24, 2.45) is 5.92 Å². The fraction of sp³-hybridized carbons (Fsp3) is 0.938. The third kappa shape index (κ3) is 4.74. The molecule has 1 saturated carbocycles. The molecular weight excluding hydrogens is 254 g/mol. The van der Waals surface area contributed by atoms with Gasteiger partial charge in [0.25, 0.3) is 0 Å². The minimum absolute atomic E-state index is 0.105. The Balaban J connectivity index is 1.86. The van der Waals surface area contributed by atoms with Crippen LogP contribution in [0.2, 0.25) is 0 Å². The van der Waals surface area contributed by atoms with Crippen LogP contribution in [0.25, 0.3) is 0 Å². The quantitative estimate of drug-likeness (QED) is 0.702. The van der Waals surface area contributed by atoms with Crippen molar-refractivity contribution < 1.29 is 14.3 Å². The van der Waals surface area contributed by atoms with Gasteiger partial charge in [0.15, 0.2) is 0 Å². The van der Waals surface area contributed by atoms with Gasteiger partial charge in [0.05, 0.1) is 19.6 Å². The molecule has 4 nitrogen and oxygen atoms in total. The zero-order chi connectivity index (χ0) is 14.4. The van der Waals surface area contributed by atoms with Gasteiger partial charge in [0, 0.05) is 25.7 Å². The Hall–Kier alpha value is -0.610. The van der Waals surface area contributed by atoms with Gasteiger partial charge < -0.3 is 9.47 Å². The summed E-state index contributed by atoms with van der Waals surface area (Å²) in [6.45, 7) is 5.04. The van der Waals surface area contributed by atoms with E-state index in [1.54, 1.807) is 0 Å². The lowest BCUT2D eigenvalue weighted by Gasteiger charge is -2.37. The summed E-state index contributed by atoms with van der Waals surface area (Å²) in [4.78, 5) is 13.9. The van der Waals surface area contributed by atoms with Crippen molar-refractivity contribution in [3.05, 3.63) is 0 Å². The van der Waals surface area contributed by atoms with Gasteiger partial charge in [0.1, 0.15) is 0 Å². The Bertz CT molecular complexity index is 294. The van der Waals surface area contributed by atoms with Crippen LogP contribution in [-0.2, 0) is 14.3 Å². The molecule has 1 unspecified atom stereocenters. The van der Waals surface area contributed by atoms with Gasteiger partial charge in [-0.3, -0.25) is 9.69 Å². The van der Waals surface area contributed by atoms with Crippen LogP contribution < -0.4 is 0 Å². The number of nitrogens with zero attached hydrogens (tertiary/aromatic N) is 1. The minimum Gasteiger partial charge on any atom is -0.469 e. The van der Waals surface area contributed by atoms with E-state index in [1.165, 1.54) is 39.2 Å². The molecule has 0 aromatic rings. The molecule has 20 heavy (non-hydrogen) atoms. The van der Waals surface area contributed by atoms with E-state index >= 15 is 0 Å². The van der Waals surface area contributed by atoms with Crippen molar-refractivity contribution in [1.82, 2.24) is 4.90 Å². The summed E-state index contributed by atoms with van der Waals surface area (Å²) in [5.74, 6) is 0.753. The average Bonchev–Trinajstić information content (AvgIpc) is 2.97. The Kier molecular flexibility index (Phi) is 6.30. The lowest BCUT2D eigenvalue weighted by atomic mass is 9.86. The van der Waals surface area contributed by atoms with Crippen molar-refractivity contribution in [3.63, 3.8) is 0 Å². The lowest BCUT2D eigenvalue weighted by molar-refractivity contribution is -0.141. The van der Waals surface area contributed by atoms with Crippen molar-refractivity contribution in [2.45, 2.75) is 64.0 Å². The second-order valence-electron chi connectivity index (χ2n) is 6.37. The largest absolute Gasteiger partial charge is 0.469 e. The molecule has 2 fully saturated rings. The standard InChI is InChI=1S/C16H29NO3/c1-13-5-7-14(8-6-13)17(10-9-16(18)19-2)12-15-4-3-11-20-15/h13-15H,3-12H2,1-2H3. The molecule has 1 heterocycles. The third-order valence-electron chi connectivity index (χ3n) is 4.79. The highest BCUT2D eigenvalue weighted by Gasteiger charge is 2.27. The Morgan fingerprint density at radius 1 is 1.25 bits per heavy atom. The van der Waals surface area contributed by atoms with Gasteiger partial charge >= 0.3 is 5.97 Å². The first kappa shape index (κ1) is 15.8. The van der Waals surface area contributed by atoms with Gasteiger partial charge in [-0.1, -0.05) is 6.92 Å². The number of ether oxygens (including phenoxy) is 2. The van der Waals surface area contributed by atoms with Crippen molar-refractivity contribution >= 4 is 5.97 Å². The fourth-order valence-corrected chi connectivity index (χ4v) is 3.42. The summed E-state index contributed by atoms with van der Waals surface area (Å²) in [6.07, 6.45) is 8.34. The Morgan fingerprint density at radius 3 is 2.60 bits per heavy atom. The number of rotatable bonds is 6. The van der Waals surface area contributed by atoms with Crippen LogP contribution >= 0.6 is 0 Å². The van der Waals surface area contributed by atoms with Gasteiger partial charge in [-0.2, -0.15) is 0 Å². The molecule has 2 aliphatic rings. The first-order valence-corrected chi connectivity index (χ1v) is 8.11. The number of carbonyl (C=O) groups is 1. The van der Waals surface area contributed by atoms with Crippen LogP contribution in [-0.4, -0.2) is 49.8 Å². The second-order valence-corrected chi connectivity index (χ2v) is 6.37. The summed E-state index contributed by atoms with van der Waals surface area (Å²) in [6, 6.07) is 0.625. The summed E-state index contributed by atoms with van der Waals surface area (Å²) >= 11 is 0. The van der Waals surface area contributed by atoms with E-state index < -0.39 is 0 Å². The van der Waals surface area contributed by atoms with Gasteiger partial charge in [-0.15, -0.1) is 0 Å². The monoisotopic (exact) mass is 283 g/mol. The molecule has 1 aliphatic carbocycles. The lowest BCUT2D eigenvalue weighted by Crippen LogP contribution is -2.43. The van der Waals surface area contributed by atoms with Crippen molar-refractivity contribution in [1.29, 1.82) is 0 Å². The third-order valence-corrected chi connectivity index (χ3v) is 4.79. The van der Waals surface area contributed by atoms with Crippen LogP contribution in [0.3, 0.4) is 0 Å². The number of esters is 1. The molecule has 1 saturated heterocycles. The zero-order valence-electron chi connectivity index (χ0n) is 13.0. The molecular formula is C16H29NO3. The molecule has 0 spiro atoms. The van der Waals surface area contributed by atoms with E-state index in [9.17, 15) is 4.79 Å². The maximum absolute atomic E-state index is 11.4. The summed E-state index contributed by atoms with van der Waals surface area (Å²) < 4.78 is 10.5. The molecule has 0 amide bonds. The van der Waals surface area contributed by atoms with Gasteiger partial charge in [-0.25, -0.2) is 0 Å². The highest BCUT2D eigenvalue weighted by molar-refractivity contribution is 5.69. The summed E-state index contributed by atoms with van der Waals surface area (Å²) in [7, 11) is 1.47. The first-order chi connectivity index (χ1) is 9.69. The van der Waals surface area contributed by atoms with Gasteiger partial charge in [-0.05, 0) is 44.4 Å². The SMILES string of the molecule is COC(=O)CCN(CC1CCCO1)C1CCC(C)CC1. The molecule has 0 aromatic carbocycles. The summed E-state index contributed by atoms with van der Waals surface area (Å²) in [5.41, 5.74) is 0. The molecule has 0 N–H and O–H groups in total. The van der Waals surface area contributed by atoms with Crippen LogP contribution in [0.15, 0.2) is 0 Å². The van der Waals surface area contributed by atoms with E-state index in [0.29, 0.717) is 18.6 Å². The maximum atomic E-state index is 11.4. The van der Waals surface area contributed by atoms with Crippen molar-refractivity contribution in [3.8, 4) is 0 Å².